The van der Waals surface area contributed by atoms with Crippen LogP contribution in [0.15, 0.2) is 18.2 Å². The molecule has 0 aliphatic carbocycles. The third-order valence-electron chi connectivity index (χ3n) is 1.77. The van der Waals surface area contributed by atoms with E-state index >= 15 is 0 Å². The summed E-state index contributed by atoms with van der Waals surface area (Å²) in [7, 11) is 0. The maximum absolute atomic E-state index is 11.4. The summed E-state index contributed by atoms with van der Waals surface area (Å²) >= 11 is 0. The lowest BCUT2D eigenvalue weighted by Crippen LogP contribution is -2.07. The molecule has 0 atom stereocenters. The Morgan fingerprint density at radius 2 is 1.92 bits per heavy atom. The molecular weight excluding hydrogens is 168 g/mol. The summed E-state index contributed by atoms with van der Waals surface area (Å²) in [6.45, 7) is 3.48. The first-order valence-electron chi connectivity index (χ1n) is 4.08. The number of Topliss-reactive ketones (excluding diaryl/α,β-unsaturated/α-hetero) is 1. The number of aromatic hydroxyl groups is 2. The van der Waals surface area contributed by atoms with Gasteiger partial charge in [0.15, 0.2) is 5.78 Å². The van der Waals surface area contributed by atoms with Crippen LogP contribution >= 0.6 is 0 Å². The van der Waals surface area contributed by atoms with Crippen molar-refractivity contribution in [3.8, 4) is 11.5 Å². The van der Waals surface area contributed by atoms with Gasteiger partial charge in [0, 0.05) is 5.92 Å². The Kier molecular flexibility index (Phi) is 2.56. The molecule has 1 rings (SSSR count). The van der Waals surface area contributed by atoms with Gasteiger partial charge in [0.1, 0.15) is 11.5 Å². The number of rotatable bonds is 2. The smallest absolute Gasteiger partial charge is 0.169 e. The fourth-order valence-corrected chi connectivity index (χ4v) is 1.03. The molecule has 0 saturated carbocycles. The number of carbonyl (C=O) groups is 1. The fourth-order valence-electron chi connectivity index (χ4n) is 1.03. The van der Waals surface area contributed by atoms with Crippen LogP contribution in [0.5, 0.6) is 11.5 Å². The fraction of sp³-hybridized carbons (Fsp3) is 0.300. The Labute approximate surface area is 76.6 Å². The second-order valence-corrected chi connectivity index (χ2v) is 3.22. The zero-order valence-corrected chi connectivity index (χ0v) is 7.61. The molecule has 1 aromatic carbocycles. The van der Waals surface area contributed by atoms with E-state index in [2.05, 4.69) is 0 Å². The summed E-state index contributed by atoms with van der Waals surface area (Å²) in [6, 6.07) is 3.93. The van der Waals surface area contributed by atoms with E-state index in [0.29, 0.717) is 0 Å². The van der Waals surface area contributed by atoms with Crippen molar-refractivity contribution in [1.82, 2.24) is 0 Å². The molecule has 3 heteroatoms. The molecule has 0 aliphatic heterocycles. The van der Waals surface area contributed by atoms with E-state index in [1.165, 1.54) is 18.2 Å². The van der Waals surface area contributed by atoms with Crippen LogP contribution in [-0.2, 0) is 0 Å². The minimum atomic E-state index is -0.187. The largest absolute Gasteiger partial charge is 0.508 e. The predicted octanol–water partition coefficient (Wildman–Crippen LogP) is 1.94. The van der Waals surface area contributed by atoms with Crippen molar-refractivity contribution >= 4 is 5.78 Å². The molecule has 0 radical (unpaired) electrons. The first kappa shape index (κ1) is 9.58. The predicted molar refractivity (Wildman–Crippen MR) is 48.9 cm³/mol. The van der Waals surface area contributed by atoms with Gasteiger partial charge in [-0.2, -0.15) is 0 Å². The van der Waals surface area contributed by atoms with E-state index in [4.69, 9.17) is 5.11 Å². The normalized spacial score (nSPS) is 10.4. The van der Waals surface area contributed by atoms with E-state index in [9.17, 15) is 9.90 Å². The van der Waals surface area contributed by atoms with E-state index in [1.807, 2.05) is 0 Å². The van der Waals surface area contributed by atoms with Crippen LogP contribution in [0.3, 0.4) is 0 Å². The average Bonchev–Trinajstić information content (AvgIpc) is 2.08. The van der Waals surface area contributed by atoms with Gasteiger partial charge in [-0.25, -0.2) is 0 Å². The first-order chi connectivity index (χ1) is 6.02. The van der Waals surface area contributed by atoms with Crippen molar-refractivity contribution in [1.29, 1.82) is 0 Å². The molecular formula is C10H12O3. The van der Waals surface area contributed by atoms with E-state index in [1.54, 1.807) is 13.8 Å². The first-order valence-corrected chi connectivity index (χ1v) is 4.08. The van der Waals surface area contributed by atoms with Crippen LogP contribution < -0.4 is 0 Å². The molecule has 0 amide bonds. The van der Waals surface area contributed by atoms with Gasteiger partial charge in [-0.1, -0.05) is 13.8 Å². The number of ketones is 1. The second-order valence-electron chi connectivity index (χ2n) is 3.22. The van der Waals surface area contributed by atoms with Gasteiger partial charge >= 0.3 is 0 Å². The molecule has 70 valence electrons. The van der Waals surface area contributed by atoms with Gasteiger partial charge in [0.05, 0.1) is 5.56 Å². The molecule has 0 saturated heterocycles. The Morgan fingerprint density at radius 1 is 1.31 bits per heavy atom. The van der Waals surface area contributed by atoms with Gasteiger partial charge in [-0.05, 0) is 18.2 Å². The molecule has 3 nitrogen and oxygen atoms in total. The topological polar surface area (TPSA) is 57.5 Å². The number of phenols is 2. The van der Waals surface area contributed by atoms with Crippen molar-refractivity contribution in [3.63, 3.8) is 0 Å². The molecule has 0 fully saturated rings. The maximum Gasteiger partial charge on any atom is 0.169 e. The van der Waals surface area contributed by atoms with Crippen LogP contribution in [-0.4, -0.2) is 16.0 Å². The number of hydrogen-bond donors (Lipinski definition) is 2. The zero-order valence-electron chi connectivity index (χ0n) is 7.61. The van der Waals surface area contributed by atoms with Crippen LogP contribution in [0.25, 0.3) is 0 Å². The molecule has 0 spiro atoms. The molecule has 0 aliphatic rings. The SMILES string of the molecule is CC(C)C(=O)c1cc(O)ccc1O. The summed E-state index contributed by atoms with van der Waals surface area (Å²) in [5, 5.41) is 18.4. The van der Waals surface area contributed by atoms with Gasteiger partial charge < -0.3 is 10.2 Å². The van der Waals surface area contributed by atoms with E-state index in [-0.39, 0.29) is 28.8 Å². The van der Waals surface area contributed by atoms with Gasteiger partial charge in [0.2, 0.25) is 0 Å². The Hall–Kier alpha value is -1.51. The zero-order chi connectivity index (χ0) is 10.0. The van der Waals surface area contributed by atoms with Crippen LogP contribution in [0.1, 0.15) is 24.2 Å². The molecule has 13 heavy (non-hydrogen) atoms. The van der Waals surface area contributed by atoms with Crippen molar-refractivity contribution < 1.29 is 15.0 Å². The third-order valence-corrected chi connectivity index (χ3v) is 1.77. The van der Waals surface area contributed by atoms with Crippen LogP contribution in [0.4, 0.5) is 0 Å². The Bertz CT molecular complexity index is 329. The molecule has 2 N–H and O–H groups in total. The monoisotopic (exact) mass is 180 g/mol. The molecule has 0 heterocycles. The van der Waals surface area contributed by atoms with Crippen LogP contribution in [0.2, 0.25) is 0 Å². The summed E-state index contributed by atoms with van der Waals surface area (Å²) in [4.78, 5) is 11.4. The summed E-state index contributed by atoms with van der Waals surface area (Å²) in [5.74, 6) is -0.459. The Balaban J connectivity index is 3.13. The number of benzene rings is 1. The van der Waals surface area contributed by atoms with Gasteiger partial charge in [-0.15, -0.1) is 0 Å². The number of phenolic OH excluding ortho intramolecular Hbond substituents is 2. The maximum atomic E-state index is 11.4. The summed E-state index contributed by atoms with van der Waals surface area (Å²) < 4.78 is 0. The minimum Gasteiger partial charge on any atom is -0.508 e. The minimum absolute atomic E-state index is 0.0122. The highest BCUT2D eigenvalue weighted by molar-refractivity contribution is 6.00. The molecule has 0 aromatic heterocycles. The molecule has 1 aromatic rings. The summed E-state index contributed by atoms with van der Waals surface area (Å²) in [5.41, 5.74) is 0.176. The molecule has 0 unspecified atom stereocenters. The van der Waals surface area contributed by atoms with Gasteiger partial charge in [-0.3, -0.25) is 4.79 Å². The second kappa shape index (κ2) is 3.47. The van der Waals surface area contributed by atoms with E-state index < -0.39 is 0 Å². The van der Waals surface area contributed by atoms with E-state index in [0.717, 1.165) is 0 Å². The van der Waals surface area contributed by atoms with Crippen molar-refractivity contribution in [2.45, 2.75) is 13.8 Å². The summed E-state index contributed by atoms with van der Waals surface area (Å²) in [6.07, 6.45) is 0. The highest BCUT2D eigenvalue weighted by Gasteiger charge is 2.14. The average molecular weight is 180 g/mol. The van der Waals surface area contributed by atoms with Crippen molar-refractivity contribution in [2.75, 3.05) is 0 Å². The highest BCUT2D eigenvalue weighted by Crippen LogP contribution is 2.24. The lowest BCUT2D eigenvalue weighted by atomic mass is 10.0. The van der Waals surface area contributed by atoms with Crippen molar-refractivity contribution in [3.05, 3.63) is 23.8 Å². The Morgan fingerprint density at radius 3 is 2.46 bits per heavy atom. The highest BCUT2D eigenvalue weighted by atomic mass is 16.3. The van der Waals surface area contributed by atoms with Crippen LogP contribution in [0, 0.1) is 5.92 Å². The third kappa shape index (κ3) is 1.99. The standard InChI is InChI=1S/C10H12O3/c1-6(2)10(13)8-5-7(11)3-4-9(8)12/h3-6,11-12H,1-2H3. The lowest BCUT2D eigenvalue weighted by Gasteiger charge is -2.06. The molecule has 0 bridgehead atoms. The lowest BCUT2D eigenvalue weighted by molar-refractivity contribution is 0.0936. The van der Waals surface area contributed by atoms with Gasteiger partial charge in [0.25, 0.3) is 0 Å². The number of hydrogen-bond acceptors (Lipinski definition) is 3. The quantitative estimate of drug-likeness (QED) is 0.540. The van der Waals surface area contributed by atoms with Crippen molar-refractivity contribution in [2.24, 2.45) is 5.92 Å². The number of carbonyl (C=O) groups excluding carboxylic acids is 1.